The van der Waals surface area contributed by atoms with E-state index in [0.29, 0.717) is 25.6 Å². The van der Waals surface area contributed by atoms with Crippen LogP contribution in [0.4, 0.5) is 17.1 Å². The molecule has 0 saturated carbocycles. The quantitative estimate of drug-likeness (QED) is 0.0993. The zero-order valence-corrected chi connectivity index (χ0v) is 23.0. The van der Waals surface area contributed by atoms with Crippen LogP contribution in [0.2, 0.25) is 5.02 Å². The van der Waals surface area contributed by atoms with E-state index < -0.39 is 16.7 Å². The minimum atomic E-state index is -0.741. The Kier molecular flexibility index (Phi) is 9.64. The molecule has 3 rings (SSSR count). The molecule has 194 valence electrons. The molecule has 0 aromatic heterocycles. The summed E-state index contributed by atoms with van der Waals surface area (Å²) >= 11 is 8.08. The van der Waals surface area contributed by atoms with Crippen LogP contribution in [0.15, 0.2) is 60.2 Å². The molecule has 2 amide bonds. The second-order valence-corrected chi connectivity index (χ2v) is 9.34. The predicted molar refractivity (Wildman–Crippen MR) is 151 cm³/mol. The average molecular weight is 647 g/mol. The Morgan fingerprint density at radius 2 is 1.89 bits per heavy atom. The number of rotatable bonds is 9. The number of nitro benzene ring substituents is 1. The van der Waals surface area contributed by atoms with E-state index in [1.54, 1.807) is 30.3 Å². The second-order valence-electron chi connectivity index (χ2n) is 7.77. The van der Waals surface area contributed by atoms with Gasteiger partial charge in [-0.05, 0) is 77.0 Å². The number of nitro groups is 1. The Balaban J connectivity index is 1.74. The normalized spacial score (nSPS) is 10.8. The summed E-state index contributed by atoms with van der Waals surface area (Å²) in [5.74, 6) is -0.556. The Morgan fingerprint density at radius 3 is 2.55 bits per heavy atom. The molecule has 0 spiro atoms. The number of halogens is 2. The summed E-state index contributed by atoms with van der Waals surface area (Å²) in [4.78, 5) is 35.4. The van der Waals surface area contributed by atoms with E-state index in [9.17, 15) is 25.0 Å². The maximum absolute atomic E-state index is 12.6. The van der Waals surface area contributed by atoms with Crippen molar-refractivity contribution in [3.63, 3.8) is 0 Å². The van der Waals surface area contributed by atoms with Crippen molar-refractivity contribution in [1.82, 2.24) is 0 Å². The van der Waals surface area contributed by atoms with E-state index in [1.165, 1.54) is 37.5 Å². The number of amides is 2. The molecular formula is C26H20ClIN4O6. The van der Waals surface area contributed by atoms with Gasteiger partial charge in [0, 0.05) is 28.5 Å². The van der Waals surface area contributed by atoms with Gasteiger partial charge in [0.1, 0.15) is 11.6 Å². The van der Waals surface area contributed by atoms with Crippen molar-refractivity contribution >= 4 is 69.1 Å². The van der Waals surface area contributed by atoms with Gasteiger partial charge in [0.15, 0.2) is 18.1 Å². The van der Waals surface area contributed by atoms with E-state index in [2.05, 4.69) is 10.6 Å². The number of benzene rings is 3. The summed E-state index contributed by atoms with van der Waals surface area (Å²) in [6.07, 6.45) is 1.34. The molecule has 38 heavy (non-hydrogen) atoms. The summed E-state index contributed by atoms with van der Waals surface area (Å²) in [5.41, 5.74) is 1.62. The van der Waals surface area contributed by atoms with Crippen LogP contribution in [0.25, 0.3) is 6.08 Å². The molecule has 0 atom stereocenters. The Labute approximate surface area is 236 Å². The molecule has 0 aliphatic heterocycles. The molecule has 0 saturated heterocycles. The van der Waals surface area contributed by atoms with Gasteiger partial charge in [-0.25, -0.2) is 0 Å². The third-order valence-corrected chi connectivity index (χ3v) is 6.25. The first-order chi connectivity index (χ1) is 18.1. The van der Waals surface area contributed by atoms with E-state index >= 15 is 0 Å². The van der Waals surface area contributed by atoms with E-state index in [-0.39, 0.29) is 29.3 Å². The topological polar surface area (TPSA) is 144 Å². The summed E-state index contributed by atoms with van der Waals surface area (Å²) in [6, 6.07) is 15.6. The number of carbonyl (C=O) groups excluding carboxylic acids is 2. The molecule has 0 bridgehead atoms. The first kappa shape index (κ1) is 28.4. The highest BCUT2D eigenvalue weighted by Crippen LogP contribution is 2.35. The van der Waals surface area contributed by atoms with Gasteiger partial charge in [0.25, 0.3) is 17.5 Å². The molecule has 0 unspecified atom stereocenters. The Morgan fingerprint density at radius 1 is 1.16 bits per heavy atom. The number of non-ortho nitro benzene ring substituents is 1. The summed E-state index contributed by atoms with van der Waals surface area (Å²) < 4.78 is 11.7. The maximum Gasteiger partial charge on any atom is 0.271 e. The van der Waals surface area contributed by atoms with Crippen LogP contribution in [-0.2, 0) is 9.59 Å². The summed E-state index contributed by atoms with van der Waals surface area (Å²) in [6.45, 7) is 1.55. The van der Waals surface area contributed by atoms with E-state index in [4.69, 9.17) is 21.1 Å². The van der Waals surface area contributed by atoms with Gasteiger partial charge in [-0.1, -0.05) is 23.7 Å². The molecule has 0 fully saturated rings. The predicted octanol–water partition coefficient (Wildman–Crippen LogP) is 5.73. The minimum absolute atomic E-state index is 0.174. The monoisotopic (exact) mass is 646 g/mol. The van der Waals surface area contributed by atoms with Crippen LogP contribution in [0.1, 0.15) is 11.1 Å². The molecular weight excluding hydrogens is 627 g/mol. The van der Waals surface area contributed by atoms with Crippen molar-refractivity contribution < 1.29 is 24.0 Å². The molecule has 0 heterocycles. The number of nitriles is 1. The number of carbonyl (C=O) groups is 2. The third kappa shape index (κ3) is 7.44. The summed E-state index contributed by atoms with van der Waals surface area (Å²) in [7, 11) is 1.42. The van der Waals surface area contributed by atoms with Gasteiger partial charge < -0.3 is 20.1 Å². The van der Waals surface area contributed by atoms with Crippen molar-refractivity contribution in [3.05, 3.63) is 90.0 Å². The van der Waals surface area contributed by atoms with Gasteiger partial charge in [-0.2, -0.15) is 5.26 Å². The fourth-order valence-corrected chi connectivity index (χ4v) is 4.14. The lowest BCUT2D eigenvalue weighted by Crippen LogP contribution is -2.20. The van der Waals surface area contributed by atoms with Gasteiger partial charge >= 0.3 is 0 Å². The number of ether oxygens (including phenoxy) is 2. The molecule has 10 nitrogen and oxygen atoms in total. The van der Waals surface area contributed by atoms with Crippen LogP contribution >= 0.6 is 34.2 Å². The fraction of sp³-hybridized carbons (Fsp3) is 0.115. The van der Waals surface area contributed by atoms with Crippen LogP contribution in [0, 0.1) is 31.9 Å². The minimum Gasteiger partial charge on any atom is -0.493 e. The molecule has 12 heteroatoms. The maximum atomic E-state index is 12.6. The first-order valence-electron chi connectivity index (χ1n) is 10.8. The zero-order chi connectivity index (χ0) is 27.8. The fourth-order valence-electron chi connectivity index (χ4n) is 3.18. The van der Waals surface area contributed by atoms with Gasteiger partial charge in [-0.3, -0.25) is 19.7 Å². The zero-order valence-electron chi connectivity index (χ0n) is 20.1. The lowest BCUT2D eigenvalue weighted by atomic mass is 10.1. The molecule has 2 N–H and O–H groups in total. The first-order valence-corrected chi connectivity index (χ1v) is 12.3. The number of hydrogen-bond acceptors (Lipinski definition) is 7. The lowest BCUT2D eigenvalue weighted by molar-refractivity contribution is -0.384. The van der Waals surface area contributed by atoms with Crippen molar-refractivity contribution in [3.8, 4) is 17.6 Å². The molecule has 3 aromatic carbocycles. The van der Waals surface area contributed by atoms with Crippen molar-refractivity contribution in [1.29, 1.82) is 5.26 Å². The number of methoxy groups -OCH3 is 1. The van der Waals surface area contributed by atoms with Crippen molar-refractivity contribution in [2.45, 2.75) is 6.92 Å². The number of nitrogens with zero attached hydrogens (tertiary/aromatic N) is 2. The Bertz CT molecular complexity index is 1490. The van der Waals surface area contributed by atoms with Crippen molar-refractivity contribution in [2.75, 3.05) is 24.4 Å². The smallest absolute Gasteiger partial charge is 0.271 e. The van der Waals surface area contributed by atoms with E-state index in [1.807, 2.05) is 35.6 Å². The highest BCUT2D eigenvalue weighted by molar-refractivity contribution is 14.1. The van der Waals surface area contributed by atoms with Crippen LogP contribution in [0.5, 0.6) is 11.5 Å². The highest BCUT2D eigenvalue weighted by atomic mass is 127. The third-order valence-electron chi connectivity index (χ3n) is 5.05. The number of nitrogens with one attached hydrogen (secondary N) is 2. The van der Waals surface area contributed by atoms with E-state index in [0.717, 1.165) is 5.56 Å². The Hall–Kier alpha value is -4.15. The highest BCUT2D eigenvalue weighted by Gasteiger charge is 2.16. The number of hydrogen-bond donors (Lipinski definition) is 2. The van der Waals surface area contributed by atoms with Gasteiger partial charge in [0.2, 0.25) is 0 Å². The molecule has 3 aromatic rings. The largest absolute Gasteiger partial charge is 0.493 e. The second kappa shape index (κ2) is 12.9. The van der Waals surface area contributed by atoms with Gasteiger partial charge in [0.05, 0.1) is 15.6 Å². The van der Waals surface area contributed by atoms with Crippen LogP contribution in [0.3, 0.4) is 0 Å². The summed E-state index contributed by atoms with van der Waals surface area (Å²) in [5, 5.41) is 26.2. The van der Waals surface area contributed by atoms with Crippen molar-refractivity contribution in [2.24, 2.45) is 0 Å². The average Bonchev–Trinajstić information content (AvgIpc) is 2.88. The molecule has 0 radical (unpaired) electrons. The standard InChI is InChI=1S/C26H20ClIN4O6/c1-15-6-7-19(12-21(15)27)30-24(33)14-38-25-22(28)9-16(10-23(25)37-2)8-17(13-29)26(34)31-18-4-3-5-20(11-18)32(35)36/h3-12H,14H2,1-2H3,(H,30,33)(H,31,34)/b17-8-. The van der Waals surface area contributed by atoms with Crippen LogP contribution in [-0.4, -0.2) is 30.5 Å². The molecule has 0 aliphatic carbocycles. The van der Waals surface area contributed by atoms with Gasteiger partial charge in [-0.15, -0.1) is 0 Å². The van der Waals surface area contributed by atoms with Crippen LogP contribution < -0.4 is 20.1 Å². The SMILES string of the molecule is COc1cc(/C=C(/C#N)C(=O)Nc2cccc([N+](=O)[O-])c2)cc(I)c1OCC(=O)Nc1ccc(C)c(Cl)c1. The number of aryl methyl sites for hydroxylation is 1. The lowest BCUT2D eigenvalue weighted by Gasteiger charge is -2.14. The number of anilines is 2. The molecule has 0 aliphatic rings.